The van der Waals surface area contributed by atoms with Crippen molar-refractivity contribution in [2.75, 3.05) is 18.4 Å². The SMILES string of the molecule is O=C(CCN1CCCC1=O)Nc1ccc(OCc2noc(C3CC3)n2)cc1. The summed E-state index contributed by atoms with van der Waals surface area (Å²) in [5, 5.41) is 6.74. The van der Waals surface area contributed by atoms with E-state index in [1.54, 1.807) is 29.2 Å². The monoisotopic (exact) mass is 370 g/mol. The van der Waals surface area contributed by atoms with Crippen molar-refractivity contribution in [2.24, 2.45) is 0 Å². The number of aromatic nitrogens is 2. The largest absolute Gasteiger partial charge is 0.485 e. The number of nitrogens with one attached hydrogen (secondary N) is 1. The summed E-state index contributed by atoms with van der Waals surface area (Å²) in [6.45, 7) is 1.46. The third-order valence-corrected chi connectivity index (χ3v) is 4.70. The number of amides is 2. The predicted octanol–water partition coefficient (Wildman–Crippen LogP) is 2.48. The number of ether oxygens (including phenoxy) is 1. The van der Waals surface area contributed by atoms with Gasteiger partial charge in [-0.3, -0.25) is 9.59 Å². The molecule has 2 aliphatic rings. The van der Waals surface area contributed by atoms with Crippen molar-refractivity contribution in [1.82, 2.24) is 15.0 Å². The zero-order chi connectivity index (χ0) is 18.6. The highest BCUT2D eigenvalue weighted by molar-refractivity contribution is 5.91. The molecule has 0 spiro atoms. The molecule has 27 heavy (non-hydrogen) atoms. The smallest absolute Gasteiger partial charge is 0.229 e. The molecule has 8 nitrogen and oxygen atoms in total. The van der Waals surface area contributed by atoms with Gasteiger partial charge in [-0.15, -0.1) is 0 Å². The molecule has 1 aromatic carbocycles. The van der Waals surface area contributed by atoms with Crippen LogP contribution in [0.5, 0.6) is 5.75 Å². The fourth-order valence-electron chi connectivity index (χ4n) is 3.01. The number of carbonyl (C=O) groups is 2. The molecule has 0 unspecified atom stereocenters. The third-order valence-electron chi connectivity index (χ3n) is 4.70. The summed E-state index contributed by atoms with van der Waals surface area (Å²) in [5.74, 6) is 2.34. The van der Waals surface area contributed by atoms with Crippen LogP contribution in [-0.2, 0) is 16.2 Å². The number of nitrogens with zero attached hydrogens (tertiary/aromatic N) is 3. The topological polar surface area (TPSA) is 97.6 Å². The molecule has 2 fully saturated rings. The molecule has 8 heteroatoms. The molecule has 2 amide bonds. The Morgan fingerprint density at radius 3 is 2.81 bits per heavy atom. The number of hydrogen-bond donors (Lipinski definition) is 1. The second kappa shape index (κ2) is 7.77. The Morgan fingerprint density at radius 1 is 1.30 bits per heavy atom. The van der Waals surface area contributed by atoms with Gasteiger partial charge in [-0.1, -0.05) is 5.16 Å². The maximum Gasteiger partial charge on any atom is 0.229 e. The Morgan fingerprint density at radius 2 is 2.11 bits per heavy atom. The number of carbonyl (C=O) groups excluding carboxylic acids is 2. The number of benzene rings is 1. The van der Waals surface area contributed by atoms with Crippen LogP contribution in [0.25, 0.3) is 0 Å². The first-order valence-electron chi connectivity index (χ1n) is 9.30. The van der Waals surface area contributed by atoms with Crippen LogP contribution in [0.2, 0.25) is 0 Å². The number of hydrogen-bond acceptors (Lipinski definition) is 6. The second-order valence-electron chi connectivity index (χ2n) is 6.92. The highest BCUT2D eigenvalue weighted by atomic mass is 16.5. The van der Waals surface area contributed by atoms with Crippen LogP contribution < -0.4 is 10.1 Å². The third kappa shape index (κ3) is 4.64. The van der Waals surface area contributed by atoms with Gasteiger partial charge in [0.05, 0.1) is 0 Å². The summed E-state index contributed by atoms with van der Waals surface area (Å²) in [5.41, 5.74) is 0.690. The molecule has 2 aromatic rings. The molecule has 0 radical (unpaired) electrons. The number of anilines is 1. The van der Waals surface area contributed by atoms with Gasteiger partial charge in [-0.25, -0.2) is 0 Å². The molecular formula is C19H22N4O4. The Bertz CT molecular complexity index is 813. The molecule has 1 saturated heterocycles. The minimum Gasteiger partial charge on any atom is -0.485 e. The molecule has 0 atom stereocenters. The summed E-state index contributed by atoms with van der Waals surface area (Å²) >= 11 is 0. The van der Waals surface area contributed by atoms with Gasteiger partial charge in [0.1, 0.15) is 5.75 Å². The minimum absolute atomic E-state index is 0.109. The molecule has 142 valence electrons. The van der Waals surface area contributed by atoms with Crippen molar-refractivity contribution >= 4 is 17.5 Å². The normalized spacial score (nSPS) is 16.6. The highest BCUT2D eigenvalue weighted by Gasteiger charge is 2.29. The summed E-state index contributed by atoms with van der Waals surface area (Å²) in [7, 11) is 0. The Balaban J connectivity index is 1.21. The van der Waals surface area contributed by atoms with Crippen LogP contribution >= 0.6 is 0 Å². The summed E-state index contributed by atoms with van der Waals surface area (Å²) in [4.78, 5) is 29.6. The van der Waals surface area contributed by atoms with Gasteiger partial charge in [-0.2, -0.15) is 4.98 Å². The Labute approximate surface area is 156 Å². The maximum absolute atomic E-state index is 12.0. The van der Waals surface area contributed by atoms with E-state index < -0.39 is 0 Å². The molecule has 0 bridgehead atoms. The van der Waals surface area contributed by atoms with Crippen LogP contribution in [0.1, 0.15) is 49.7 Å². The van der Waals surface area contributed by atoms with E-state index in [0.717, 1.165) is 25.8 Å². The van der Waals surface area contributed by atoms with Crippen LogP contribution in [0.15, 0.2) is 28.8 Å². The Kier molecular flexibility index (Phi) is 5.04. The van der Waals surface area contributed by atoms with Crippen LogP contribution in [-0.4, -0.2) is 39.9 Å². The molecule has 1 saturated carbocycles. The van der Waals surface area contributed by atoms with Gasteiger partial charge < -0.3 is 19.5 Å². The quantitative estimate of drug-likeness (QED) is 0.767. The molecule has 1 aromatic heterocycles. The lowest BCUT2D eigenvalue weighted by atomic mass is 10.3. The van der Waals surface area contributed by atoms with Gasteiger partial charge in [0.25, 0.3) is 0 Å². The molecular weight excluding hydrogens is 348 g/mol. The lowest BCUT2D eigenvalue weighted by molar-refractivity contribution is -0.128. The van der Waals surface area contributed by atoms with Crippen LogP contribution in [0.4, 0.5) is 5.69 Å². The zero-order valence-electron chi connectivity index (χ0n) is 15.0. The van der Waals surface area contributed by atoms with Gasteiger partial charge in [0, 0.05) is 37.5 Å². The van der Waals surface area contributed by atoms with E-state index >= 15 is 0 Å². The van der Waals surface area contributed by atoms with Gasteiger partial charge in [-0.05, 0) is 43.5 Å². The second-order valence-corrected chi connectivity index (χ2v) is 6.92. The number of likely N-dealkylation sites (tertiary alicyclic amines) is 1. The van der Waals surface area contributed by atoms with Gasteiger partial charge >= 0.3 is 0 Å². The fraction of sp³-hybridized carbons (Fsp3) is 0.474. The molecule has 4 rings (SSSR count). The van der Waals surface area contributed by atoms with Crippen molar-refractivity contribution < 1.29 is 18.8 Å². The lowest BCUT2D eigenvalue weighted by Crippen LogP contribution is -2.28. The van der Waals surface area contributed by atoms with Crippen molar-refractivity contribution in [1.29, 1.82) is 0 Å². The number of rotatable bonds is 8. The molecule has 2 heterocycles. The first-order chi connectivity index (χ1) is 13.2. The average Bonchev–Trinajstić information content (AvgIpc) is 3.27. The molecule has 1 N–H and O–H groups in total. The molecule has 1 aliphatic heterocycles. The van der Waals surface area contributed by atoms with Crippen molar-refractivity contribution in [2.45, 2.75) is 44.6 Å². The van der Waals surface area contributed by atoms with E-state index in [9.17, 15) is 9.59 Å². The van der Waals surface area contributed by atoms with E-state index in [-0.39, 0.29) is 18.4 Å². The van der Waals surface area contributed by atoms with Gasteiger partial charge in [0.15, 0.2) is 6.61 Å². The van der Waals surface area contributed by atoms with E-state index in [0.29, 0.717) is 48.5 Å². The summed E-state index contributed by atoms with van der Waals surface area (Å²) in [6, 6.07) is 7.11. The first-order valence-corrected chi connectivity index (χ1v) is 9.30. The molecule has 1 aliphatic carbocycles. The van der Waals surface area contributed by atoms with E-state index in [1.165, 1.54) is 0 Å². The van der Waals surface area contributed by atoms with Gasteiger partial charge in [0.2, 0.25) is 23.5 Å². The first kappa shape index (κ1) is 17.5. The summed E-state index contributed by atoms with van der Waals surface area (Å²) < 4.78 is 10.8. The van der Waals surface area contributed by atoms with Crippen LogP contribution in [0.3, 0.4) is 0 Å². The van der Waals surface area contributed by atoms with Crippen LogP contribution in [0, 0.1) is 0 Å². The Hall–Kier alpha value is -2.90. The van der Waals surface area contributed by atoms with Crippen molar-refractivity contribution in [3.05, 3.63) is 36.0 Å². The minimum atomic E-state index is -0.109. The van der Waals surface area contributed by atoms with Crippen molar-refractivity contribution in [3.8, 4) is 5.75 Å². The average molecular weight is 370 g/mol. The van der Waals surface area contributed by atoms with E-state index in [4.69, 9.17) is 9.26 Å². The standard InChI is InChI=1S/C19H22N4O4/c24-17(9-11-23-10-1-2-18(23)25)20-14-5-7-15(8-6-14)26-12-16-21-19(27-22-16)13-3-4-13/h5-8,13H,1-4,9-12H2,(H,20,24). The van der Waals surface area contributed by atoms with Crippen molar-refractivity contribution in [3.63, 3.8) is 0 Å². The zero-order valence-corrected chi connectivity index (χ0v) is 15.0. The lowest BCUT2D eigenvalue weighted by Gasteiger charge is -2.15. The summed E-state index contributed by atoms with van der Waals surface area (Å²) in [6.07, 6.45) is 4.00. The van der Waals surface area contributed by atoms with E-state index in [2.05, 4.69) is 15.5 Å². The highest BCUT2D eigenvalue weighted by Crippen LogP contribution is 2.38. The predicted molar refractivity (Wildman–Crippen MR) is 96.1 cm³/mol. The van der Waals surface area contributed by atoms with E-state index in [1.807, 2.05) is 0 Å². The maximum atomic E-state index is 12.0. The fourth-order valence-corrected chi connectivity index (χ4v) is 3.01.